The fourth-order valence-corrected chi connectivity index (χ4v) is 3.88. The first-order valence-electron chi connectivity index (χ1n) is 7.72. The van der Waals surface area contributed by atoms with Crippen LogP contribution in [0.4, 0.5) is 0 Å². The molecule has 0 saturated heterocycles. The fourth-order valence-electron chi connectivity index (χ4n) is 2.75. The maximum Gasteiger partial charge on any atom is 0.156 e. The summed E-state index contributed by atoms with van der Waals surface area (Å²) in [4.78, 5) is 4.29. The summed E-state index contributed by atoms with van der Waals surface area (Å²) in [6.07, 6.45) is 0.521. The Labute approximate surface area is 142 Å². The molecule has 0 radical (unpaired) electrons. The van der Waals surface area contributed by atoms with Gasteiger partial charge in [0.2, 0.25) is 0 Å². The summed E-state index contributed by atoms with van der Waals surface area (Å²) in [6.45, 7) is 2.69. The van der Waals surface area contributed by atoms with Crippen LogP contribution in [0.5, 0.6) is 0 Å². The van der Waals surface area contributed by atoms with Crippen molar-refractivity contribution in [3.05, 3.63) is 59.2 Å². The van der Waals surface area contributed by atoms with Gasteiger partial charge < -0.3 is 5.11 Å². The van der Waals surface area contributed by atoms with Crippen molar-refractivity contribution in [1.29, 1.82) is 0 Å². The van der Waals surface area contributed by atoms with Crippen molar-refractivity contribution in [3.8, 4) is 11.8 Å². The Hall–Kier alpha value is -1.73. The van der Waals surface area contributed by atoms with Crippen molar-refractivity contribution in [2.75, 3.05) is 20.6 Å². The van der Waals surface area contributed by atoms with E-state index in [0.717, 1.165) is 21.6 Å². The second-order valence-electron chi connectivity index (χ2n) is 6.29. The topological polar surface area (TPSA) is 23.5 Å². The van der Waals surface area contributed by atoms with E-state index in [1.54, 1.807) is 11.8 Å². The lowest BCUT2D eigenvalue weighted by Crippen LogP contribution is -2.27. The summed E-state index contributed by atoms with van der Waals surface area (Å²) in [5.41, 5.74) is 2.07. The van der Waals surface area contributed by atoms with E-state index in [0.29, 0.717) is 13.0 Å². The third kappa shape index (κ3) is 3.45. The highest BCUT2D eigenvalue weighted by molar-refractivity contribution is 7.99. The molecule has 1 aliphatic rings. The number of hydrogen-bond acceptors (Lipinski definition) is 3. The van der Waals surface area contributed by atoms with Crippen LogP contribution in [0, 0.1) is 18.8 Å². The van der Waals surface area contributed by atoms with Crippen molar-refractivity contribution in [2.24, 2.45) is 0 Å². The minimum atomic E-state index is -1.14. The van der Waals surface area contributed by atoms with E-state index < -0.39 is 5.60 Å². The van der Waals surface area contributed by atoms with Gasteiger partial charge in [0.05, 0.1) is 6.54 Å². The standard InChI is InChI=1S/C20H21NOS/c1-15-9-10-19-17(13-15)20(22,11-6-12-21(2)3)14-16-7-4-5-8-18(16)23-19/h4-5,7-10,13,22H,12,14H2,1-3H3. The molecule has 0 bridgehead atoms. The van der Waals surface area contributed by atoms with E-state index in [2.05, 4.69) is 49.1 Å². The molecular weight excluding hydrogens is 302 g/mol. The maximum absolute atomic E-state index is 11.4. The molecule has 2 aromatic rings. The smallest absolute Gasteiger partial charge is 0.156 e. The average molecular weight is 323 g/mol. The molecule has 0 aliphatic carbocycles. The Morgan fingerprint density at radius 2 is 1.96 bits per heavy atom. The lowest BCUT2D eigenvalue weighted by Gasteiger charge is -2.23. The van der Waals surface area contributed by atoms with Gasteiger partial charge >= 0.3 is 0 Å². The Bertz CT molecular complexity index is 788. The molecule has 23 heavy (non-hydrogen) atoms. The van der Waals surface area contributed by atoms with Crippen LogP contribution in [0.15, 0.2) is 52.3 Å². The monoisotopic (exact) mass is 323 g/mol. The molecule has 1 aliphatic heterocycles. The predicted octanol–water partition coefficient (Wildman–Crippen LogP) is 3.45. The zero-order valence-corrected chi connectivity index (χ0v) is 14.6. The summed E-state index contributed by atoms with van der Waals surface area (Å²) in [5, 5.41) is 11.4. The highest BCUT2D eigenvalue weighted by atomic mass is 32.2. The summed E-state index contributed by atoms with van der Waals surface area (Å²) < 4.78 is 0. The number of hydrogen-bond donors (Lipinski definition) is 1. The van der Waals surface area contributed by atoms with E-state index in [1.807, 2.05) is 31.1 Å². The number of fused-ring (bicyclic) bond motifs is 2. The molecule has 0 aromatic heterocycles. The first kappa shape index (κ1) is 16.1. The molecule has 0 saturated carbocycles. The molecule has 0 amide bonds. The molecule has 0 fully saturated rings. The number of nitrogens with zero attached hydrogens (tertiary/aromatic N) is 1. The minimum absolute atomic E-state index is 0.521. The molecule has 0 spiro atoms. The molecule has 2 nitrogen and oxygen atoms in total. The summed E-state index contributed by atoms with van der Waals surface area (Å²) >= 11 is 1.72. The minimum Gasteiger partial charge on any atom is -0.373 e. The summed E-state index contributed by atoms with van der Waals surface area (Å²) in [6, 6.07) is 14.5. The molecule has 1 unspecified atom stereocenters. The molecule has 1 heterocycles. The van der Waals surface area contributed by atoms with Gasteiger partial charge in [0.25, 0.3) is 0 Å². The van der Waals surface area contributed by atoms with Crippen molar-refractivity contribution in [1.82, 2.24) is 4.90 Å². The van der Waals surface area contributed by atoms with Gasteiger partial charge in [-0.2, -0.15) is 0 Å². The molecule has 2 aromatic carbocycles. The highest BCUT2D eigenvalue weighted by Gasteiger charge is 2.34. The van der Waals surface area contributed by atoms with Gasteiger partial charge in [0.1, 0.15) is 0 Å². The Morgan fingerprint density at radius 1 is 1.17 bits per heavy atom. The normalized spacial score (nSPS) is 19.3. The SMILES string of the molecule is Cc1ccc2c(c1)C(O)(C#CCN(C)C)Cc1ccccc1S2. The number of aliphatic hydroxyl groups is 1. The number of rotatable bonds is 1. The second kappa shape index (κ2) is 6.41. The van der Waals surface area contributed by atoms with Gasteiger partial charge in [-0.05, 0) is 38.7 Å². The Kier molecular flexibility index (Phi) is 4.50. The first-order chi connectivity index (χ1) is 11.0. The van der Waals surface area contributed by atoms with E-state index in [9.17, 15) is 5.11 Å². The van der Waals surface area contributed by atoms with Crippen molar-refractivity contribution in [2.45, 2.75) is 28.7 Å². The van der Waals surface area contributed by atoms with Crippen molar-refractivity contribution < 1.29 is 5.11 Å². The lowest BCUT2D eigenvalue weighted by molar-refractivity contribution is 0.0975. The Balaban J connectivity index is 2.13. The van der Waals surface area contributed by atoms with Gasteiger partial charge in [-0.15, -0.1) is 0 Å². The van der Waals surface area contributed by atoms with Crippen molar-refractivity contribution >= 4 is 11.8 Å². The molecule has 3 rings (SSSR count). The third-order valence-electron chi connectivity index (χ3n) is 3.91. The quantitative estimate of drug-likeness (QED) is 0.813. The number of aryl methyl sites for hydroxylation is 1. The Morgan fingerprint density at radius 3 is 2.74 bits per heavy atom. The molecule has 118 valence electrons. The lowest BCUT2D eigenvalue weighted by atomic mass is 9.87. The van der Waals surface area contributed by atoms with Crippen LogP contribution in [-0.2, 0) is 12.0 Å². The van der Waals surface area contributed by atoms with Crippen LogP contribution in [0.2, 0.25) is 0 Å². The maximum atomic E-state index is 11.4. The van der Waals surface area contributed by atoms with Crippen molar-refractivity contribution in [3.63, 3.8) is 0 Å². The second-order valence-corrected chi connectivity index (χ2v) is 7.37. The van der Waals surface area contributed by atoms with Gasteiger partial charge in [-0.25, -0.2) is 0 Å². The van der Waals surface area contributed by atoms with E-state index in [1.165, 1.54) is 4.90 Å². The average Bonchev–Trinajstić information content (AvgIpc) is 2.61. The van der Waals surface area contributed by atoms with Gasteiger partial charge in [-0.3, -0.25) is 4.90 Å². The van der Waals surface area contributed by atoms with Crippen LogP contribution < -0.4 is 0 Å². The predicted molar refractivity (Wildman–Crippen MR) is 95.7 cm³/mol. The molecule has 1 N–H and O–H groups in total. The summed E-state index contributed by atoms with van der Waals surface area (Å²) in [7, 11) is 3.96. The van der Waals surface area contributed by atoms with E-state index >= 15 is 0 Å². The van der Waals surface area contributed by atoms with E-state index in [4.69, 9.17) is 0 Å². The van der Waals surface area contributed by atoms with Gasteiger partial charge in [0, 0.05) is 21.8 Å². The first-order valence-corrected chi connectivity index (χ1v) is 8.54. The summed E-state index contributed by atoms with van der Waals surface area (Å²) in [5.74, 6) is 6.27. The molecular formula is C20H21NOS. The van der Waals surface area contributed by atoms with Gasteiger partial charge in [0.15, 0.2) is 5.60 Å². The fraction of sp³-hybridized carbons (Fsp3) is 0.300. The van der Waals surface area contributed by atoms with Crippen LogP contribution in [0.1, 0.15) is 16.7 Å². The van der Waals surface area contributed by atoms with Gasteiger partial charge in [-0.1, -0.05) is 59.5 Å². The van der Waals surface area contributed by atoms with Crippen LogP contribution in [0.3, 0.4) is 0 Å². The van der Waals surface area contributed by atoms with Crippen LogP contribution >= 0.6 is 11.8 Å². The van der Waals surface area contributed by atoms with Crippen LogP contribution in [0.25, 0.3) is 0 Å². The highest BCUT2D eigenvalue weighted by Crippen LogP contribution is 2.43. The van der Waals surface area contributed by atoms with E-state index in [-0.39, 0.29) is 0 Å². The largest absolute Gasteiger partial charge is 0.373 e. The zero-order chi connectivity index (χ0) is 16.4. The molecule has 1 atom stereocenters. The third-order valence-corrected chi connectivity index (χ3v) is 5.10. The molecule has 3 heteroatoms. The van der Waals surface area contributed by atoms with Crippen LogP contribution in [-0.4, -0.2) is 30.6 Å². The number of benzene rings is 2. The zero-order valence-electron chi connectivity index (χ0n) is 13.8.